The van der Waals surface area contributed by atoms with Gasteiger partial charge in [0.15, 0.2) is 0 Å². The molecule has 0 aliphatic carbocycles. The number of fused-ring (bicyclic) bond motifs is 1. The highest BCUT2D eigenvalue weighted by Gasteiger charge is 2.32. The maximum atomic E-state index is 12.9. The summed E-state index contributed by atoms with van der Waals surface area (Å²) in [6.07, 6.45) is 2.30. The average molecular weight is 445 g/mol. The van der Waals surface area contributed by atoms with Crippen molar-refractivity contribution in [2.24, 2.45) is 5.92 Å². The third-order valence-corrected chi connectivity index (χ3v) is 8.14. The molecule has 1 saturated heterocycles. The molecule has 4 rings (SSSR count). The lowest BCUT2D eigenvalue weighted by Gasteiger charge is -2.36. The summed E-state index contributed by atoms with van der Waals surface area (Å²) in [5, 5.41) is 0. The Bertz CT molecular complexity index is 1040. The number of sulfonamides is 1. The van der Waals surface area contributed by atoms with E-state index in [1.54, 1.807) is 42.8 Å². The van der Waals surface area contributed by atoms with Crippen LogP contribution in [0.5, 0.6) is 11.5 Å². The summed E-state index contributed by atoms with van der Waals surface area (Å²) < 4.78 is 37.8. The standard InChI is InChI=1S/C23H28N2O5S/c1-29-19-3-6-21(7-4-19)31(27,28)25-13-9-17(10-14-25)16-24-12-11-18-15-20(30-2)5-8-22(18)23(24)26/h3-8,15,17H,9-14,16H2,1-2H3. The second kappa shape index (κ2) is 8.88. The summed E-state index contributed by atoms with van der Waals surface area (Å²) in [6, 6.07) is 12.1. The molecule has 2 aliphatic rings. The molecule has 0 atom stereocenters. The van der Waals surface area contributed by atoms with Crippen LogP contribution in [0.3, 0.4) is 0 Å². The van der Waals surface area contributed by atoms with E-state index in [1.165, 1.54) is 0 Å². The predicted molar refractivity (Wildman–Crippen MR) is 117 cm³/mol. The van der Waals surface area contributed by atoms with Crippen LogP contribution in [0.4, 0.5) is 0 Å². The van der Waals surface area contributed by atoms with Crippen LogP contribution >= 0.6 is 0 Å². The van der Waals surface area contributed by atoms with Gasteiger partial charge in [-0.15, -0.1) is 0 Å². The van der Waals surface area contributed by atoms with E-state index < -0.39 is 10.0 Å². The second-order valence-corrected chi connectivity index (χ2v) is 9.99. The number of hydrogen-bond donors (Lipinski definition) is 0. The molecule has 1 fully saturated rings. The van der Waals surface area contributed by atoms with Crippen molar-refractivity contribution in [1.29, 1.82) is 0 Å². The van der Waals surface area contributed by atoms with Crippen molar-refractivity contribution in [2.75, 3.05) is 40.4 Å². The van der Waals surface area contributed by atoms with Gasteiger partial charge in [0.1, 0.15) is 11.5 Å². The summed E-state index contributed by atoms with van der Waals surface area (Å²) in [6.45, 7) is 2.29. The molecule has 0 radical (unpaired) electrons. The van der Waals surface area contributed by atoms with Gasteiger partial charge in [-0.25, -0.2) is 8.42 Å². The van der Waals surface area contributed by atoms with E-state index in [2.05, 4.69) is 0 Å². The largest absolute Gasteiger partial charge is 0.497 e. The molecular formula is C23H28N2O5S. The first kappa shape index (κ1) is 21.6. The molecule has 7 nitrogen and oxygen atoms in total. The van der Waals surface area contributed by atoms with Gasteiger partial charge in [-0.05, 0) is 73.2 Å². The molecule has 1 amide bonds. The third-order valence-electron chi connectivity index (χ3n) is 6.23. The lowest BCUT2D eigenvalue weighted by Crippen LogP contribution is -2.44. The molecular weight excluding hydrogens is 416 g/mol. The maximum Gasteiger partial charge on any atom is 0.254 e. The van der Waals surface area contributed by atoms with Crippen molar-refractivity contribution in [3.63, 3.8) is 0 Å². The Balaban J connectivity index is 1.36. The monoisotopic (exact) mass is 444 g/mol. The third kappa shape index (κ3) is 4.41. The van der Waals surface area contributed by atoms with E-state index in [0.717, 1.165) is 36.1 Å². The SMILES string of the molecule is COc1ccc(S(=O)(=O)N2CCC(CN3CCc4cc(OC)ccc4C3=O)CC2)cc1. The van der Waals surface area contributed by atoms with E-state index >= 15 is 0 Å². The number of piperidine rings is 1. The number of benzene rings is 2. The molecule has 166 valence electrons. The van der Waals surface area contributed by atoms with Crippen molar-refractivity contribution in [2.45, 2.75) is 24.2 Å². The van der Waals surface area contributed by atoms with Crippen LogP contribution in [0, 0.1) is 5.92 Å². The van der Waals surface area contributed by atoms with Crippen LogP contribution < -0.4 is 9.47 Å². The summed E-state index contributed by atoms with van der Waals surface area (Å²) in [5.74, 6) is 1.75. The fraction of sp³-hybridized carbons (Fsp3) is 0.435. The normalized spacial score (nSPS) is 18.0. The highest BCUT2D eigenvalue weighted by atomic mass is 32.2. The molecule has 0 N–H and O–H groups in total. The topological polar surface area (TPSA) is 76.2 Å². The molecule has 8 heteroatoms. The highest BCUT2D eigenvalue weighted by molar-refractivity contribution is 7.89. The van der Waals surface area contributed by atoms with Gasteiger partial charge in [0.2, 0.25) is 10.0 Å². The fourth-order valence-electron chi connectivity index (χ4n) is 4.35. The van der Waals surface area contributed by atoms with Crippen LogP contribution in [0.1, 0.15) is 28.8 Å². The lowest BCUT2D eigenvalue weighted by molar-refractivity contribution is 0.0690. The number of carbonyl (C=O) groups is 1. The summed E-state index contributed by atoms with van der Waals surface area (Å²) in [5.41, 5.74) is 1.77. The van der Waals surface area contributed by atoms with Crippen molar-refractivity contribution >= 4 is 15.9 Å². The Hall–Kier alpha value is -2.58. The van der Waals surface area contributed by atoms with Gasteiger partial charge in [-0.1, -0.05) is 0 Å². The minimum absolute atomic E-state index is 0.0530. The average Bonchev–Trinajstić information content (AvgIpc) is 2.81. The van der Waals surface area contributed by atoms with E-state index in [4.69, 9.17) is 9.47 Å². The molecule has 0 aromatic heterocycles. The van der Waals surface area contributed by atoms with E-state index in [-0.39, 0.29) is 10.8 Å². The molecule has 2 aromatic carbocycles. The first-order valence-corrected chi connectivity index (χ1v) is 12.0. The van der Waals surface area contributed by atoms with Crippen LogP contribution in [0.2, 0.25) is 0 Å². The maximum absolute atomic E-state index is 12.9. The van der Waals surface area contributed by atoms with Gasteiger partial charge in [0.25, 0.3) is 5.91 Å². The smallest absolute Gasteiger partial charge is 0.254 e. The molecule has 0 spiro atoms. The zero-order chi connectivity index (χ0) is 22.0. The summed E-state index contributed by atoms with van der Waals surface area (Å²) >= 11 is 0. The number of rotatable bonds is 6. The molecule has 2 aromatic rings. The Kier molecular flexibility index (Phi) is 6.20. The van der Waals surface area contributed by atoms with Gasteiger partial charge < -0.3 is 14.4 Å². The number of ether oxygens (including phenoxy) is 2. The molecule has 2 aliphatic heterocycles. The minimum Gasteiger partial charge on any atom is -0.497 e. The van der Waals surface area contributed by atoms with Gasteiger partial charge in [0, 0.05) is 31.7 Å². The highest BCUT2D eigenvalue weighted by Crippen LogP contribution is 2.28. The molecule has 0 unspecified atom stereocenters. The predicted octanol–water partition coefficient (Wildman–Crippen LogP) is 2.80. The zero-order valence-electron chi connectivity index (χ0n) is 17.9. The van der Waals surface area contributed by atoms with E-state index in [0.29, 0.717) is 37.8 Å². The Morgan fingerprint density at radius 2 is 1.58 bits per heavy atom. The molecule has 0 bridgehead atoms. The summed E-state index contributed by atoms with van der Waals surface area (Å²) in [7, 11) is -0.338. The van der Waals surface area contributed by atoms with Gasteiger partial charge >= 0.3 is 0 Å². The molecule has 2 heterocycles. The Morgan fingerprint density at radius 3 is 2.23 bits per heavy atom. The first-order valence-electron chi connectivity index (χ1n) is 10.5. The number of amides is 1. The van der Waals surface area contributed by atoms with Gasteiger partial charge in [-0.2, -0.15) is 4.31 Å². The van der Waals surface area contributed by atoms with E-state index in [9.17, 15) is 13.2 Å². The fourth-order valence-corrected chi connectivity index (χ4v) is 5.82. The number of nitrogens with zero attached hydrogens (tertiary/aromatic N) is 2. The van der Waals surface area contributed by atoms with Crippen LogP contribution in [-0.2, 0) is 16.4 Å². The Labute approximate surface area is 183 Å². The van der Waals surface area contributed by atoms with Gasteiger partial charge in [-0.3, -0.25) is 4.79 Å². The molecule has 31 heavy (non-hydrogen) atoms. The summed E-state index contributed by atoms with van der Waals surface area (Å²) in [4.78, 5) is 15.1. The molecule has 0 saturated carbocycles. The van der Waals surface area contributed by atoms with Crippen LogP contribution in [0.15, 0.2) is 47.4 Å². The second-order valence-electron chi connectivity index (χ2n) is 8.05. The number of carbonyl (C=O) groups excluding carboxylic acids is 1. The van der Waals surface area contributed by atoms with Crippen molar-refractivity contribution < 1.29 is 22.7 Å². The van der Waals surface area contributed by atoms with Crippen LogP contribution in [-0.4, -0.2) is 63.9 Å². The van der Waals surface area contributed by atoms with Crippen molar-refractivity contribution in [3.8, 4) is 11.5 Å². The number of methoxy groups -OCH3 is 2. The zero-order valence-corrected chi connectivity index (χ0v) is 18.7. The van der Waals surface area contributed by atoms with E-state index in [1.807, 2.05) is 23.1 Å². The van der Waals surface area contributed by atoms with Crippen LogP contribution in [0.25, 0.3) is 0 Å². The van der Waals surface area contributed by atoms with Gasteiger partial charge in [0.05, 0.1) is 19.1 Å². The lowest BCUT2D eigenvalue weighted by atomic mass is 9.94. The quantitative estimate of drug-likeness (QED) is 0.685. The first-order chi connectivity index (χ1) is 14.9. The number of hydrogen-bond acceptors (Lipinski definition) is 5. The van der Waals surface area contributed by atoms with Crippen molar-refractivity contribution in [1.82, 2.24) is 9.21 Å². The Morgan fingerprint density at radius 1 is 0.935 bits per heavy atom. The van der Waals surface area contributed by atoms with Crippen molar-refractivity contribution in [3.05, 3.63) is 53.6 Å². The minimum atomic E-state index is -3.52.